The van der Waals surface area contributed by atoms with Gasteiger partial charge in [-0.2, -0.15) is 4.98 Å². The number of hydrogen-bond acceptors (Lipinski definition) is 8. The minimum atomic E-state index is -0.592. The molecule has 146 valence electrons. The number of carbonyl (C=O) groups excluding carboxylic acids is 1. The summed E-state index contributed by atoms with van der Waals surface area (Å²) in [7, 11) is 1.54. The Morgan fingerprint density at radius 2 is 2.12 bits per heavy atom. The number of thiophene rings is 1. The first-order valence-electron chi connectivity index (χ1n) is 7.79. The van der Waals surface area contributed by atoms with Crippen LogP contribution in [0.1, 0.15) is 5.89 Å². The molecule has 8 nitrogen and oxygen atoms in total. The van der Waals surface area contributed by atoms with E-state index in [0.29, 0.717) is 31.3 Å². The lowest BCUT2D eigenvalue weighted by atomic mass is 10.2. The molecule has 2 aromatic heterocycles. The summed E-state index contributed by atoms with van der Waals surface area (Å²) in [6, 6.07) is 3.33. The monoisotopic (exact) mass is 423 g/mol. The van der Waals surface area contributed by atoms with Gasteiger partial charge in [0.15, 0.2) is 0 Å². The number of nitrogens with two attached hydrogens (primary N) is 1. The maximum Gasteiger partial charge on any atom is 0.241 e. The summed E-state index contributed by atoms with van der Waals surface area (Å²) in [5, 5.41) is 6.00. The van der Waals surface area contributed by atoms with E-state index in [-0.39, 0.29) is 37.3 Å². The molecule has 0 radical (unpaired) electrons. The number of rotatable bonds is 6. The summed E-state index contributed by atoms with van der Waals surface area (Å²) in [4.78, 5) is 21.5. The third-order valence-electron chi connectivity index (χ3n) is 3.92. The van der Waals surface area contributed by atoms with Crippen LogP contribution in [0, 0.1) is 0 Å². The fourth-order valence-electron chi connectivity index (χ4n) is 2.63. The lowest BCUT2D eigenvalue weighted by Gasteiger charge is -2.35. The van der Waals surface area contributed by atoms with E-state index in [1.54, 1.807) is 23.3 Å². The molecule has 0 spiro atoms. The zero-order chi connectivity index (χ0) is 16.9. The van der Waals surface area contributed by atoms with Crippen molar-refractivity contribution in [3.8, 4) is 10.7 Å². The Bertz CT molecular complexity index is 662. The van der Waals surface area contributed by atoms with Gasteiger partial charge in [0.2, 0.25) is 17.6 Å². The lowest BCUT2D eigenvalue weighted by Crippen LogP contribution is -2.53. The van der Waals surface area contributed by atoms with Crippen molar-refractivity contribution in [1.82, 2.24) is 19.9 Å². The molecule has 0 aliphatic carbocycles. The molecule has 3 heterocycles. The molecule has 1 fully saturated rings. The summed E-state index contributed by atoms with van der Waals surface area (Å²) in [5.41, 5.74) is 5.80. The zero-order valence-electron chi connectivity index (χ0n) is 14.4. The van der Waals surface area contributed by atoms with E-state index in [1.165, 1.54) is 0 Å². The molecule has 1 aliphatic heterocycles. The van der Waals surface area contributed by atoms with Crippen molar-refractivity contribution < 1.29 is 14.1 Å². The van der Waals surface area contributed by atoms with Crippen LogP contribution < -0.4 is 5.73 Å². The number of halogens is 2. The van der Waals surface area contributed by atoms with Crippen molar-refractivity contribution in [1.29, 1.82) is 0 Å². The van der Waals surface area contributed by atoms with Gasteiger partial charge in [0, 0.05) is 33.3 Å². The second kappa shape index (κ2) is 10.8. The topological polar surface area (TPSA) is 97.7 Å². The van der Waals surface area contributed by atoms with Crippen LogP contribution >= 0.6 is 36.2 Å². The largest absolute Gasteiger partial charge is 0.383 e. The highest BCUT2D eigenvalue weighted by Gasteiger charge is 2.26. The molecule has 0 bridgehead atoms. The maximum atomic E-state index is 12.2. The van der Waals surface area contributed by atoms with Gasteiger partial charge in [-0.1, -0.05) is 11.2 Å². The van der Waals surface area contributed by atoms with Gasteiger partial charge in [-0.05, 0) is 11.4 Å². The molecule has 2 aromatic rings. The SMILES string of the molecule is COCC(N)C(=O)N1CCN(Cc2nc(-c3cccs3)no2)CC1.Cl.Cl. The van der Waals surface area contributed by atoms with E-state index < -0.39 is 6.04 Å². The number of hydrogen-bond donors (Lipinski definition) is 1. The van der Waals surface area contributed by atoms with Gasteiger partial charge in [0.05, 0.1) is 18.0 Å². The molecule has 0 aromatic carbocycles. The third kappa shape index (κ3) is 5.63. The summed E-state index contributed by atoms with van der Waals surface area (Å²) in [6.07, 6.45) is 0. The minimum Gasteiger partial charge on any atom is -0.383 e. The molecule has 26 heavy (non-hydrogen) atoms. The summed E-state index contributed by atoms with van der Waals surface area (Å²) in [6.45, 7) is 3.62. The van der Waals surface area contributed by atoms with Gasteiger partial charge in [0.1, 0.15) is 6.04 Å². The Morgan fingerprint density at radius 3 is 2.73 bits per heavy atom. The van der Waals surface area contributed by atoms with Gasteiger partial charge in [-0.15, -0.1) is 36.2 Å². The molecule has 1 atom stereocenters. The molecular weight excluding hydrogens is 401 g/mol. The average molecular weight is 424 g/mol. The van der Waals surface area contributed by atoms with Gasteiger partial charge in [-0.3, -0.25) is 9.69 Å². The van der Waals surface area contributed by atoms with Gasteiger partial charge >= 0.3 is 0 Å². The molecule has 1 amide bonds. The molecule has 11 heteroatoms. The van der Waals surface area contributed by atoms with Crippen LogP contribution in [0.5, 0.6) is 0 Å². The summed E-state index contributed by atoms with van der Waals surface area (Å²) in [5.74, 6) is 1.16. The van der Waals surface area contributed by atoms with Crippen LogP contribution in [0.3, 0.4) is 0 Å². The van der Waals surface area contributed by atoms with Crippen molar-refractivity contribution in [2.75, 3.05) is 39.9 Å². The van der Waals surface area contributed by atoms with Crippen LogP contribution in [-0.4, -0.2) is 71.8 Å². The number of ether oxygens (including phenoxy) is 1. The van der Waals surface area contributed by atoms with Crippen LogP contribution in [0.25, 0.3) is 10.7 Å². The quantitative estimate of drug-likeness (QED) is 0.746. The molecule has 1 saturated heterocycles. The first-order chi connectivity index (χ1) is 11.7. The molecule has 3 rings (SSSR count). The van der Waals surface area contributed by atoms with Crippen LogP contribution in [0.2, 0.25) is 0 Å². The van der Waals surface area contributed by atoms with Crippen molar-refractivity contribution in [3.63, 3.8) is 0 Å². The van der Waals surface area contributed by atoms with E-state index in [4.69, 9.17) is 15.0 Å². The van der Waals surface area contributed by atoms with Gasteiger partial charge in [-0.25, -0.2) is 0 Å². The maximum absolute atomic E-state index is 12.2. The van der Waals surface area contributed by atoms with Crippen molar-refractivity contribution in [2.45, 2.75) is 12.6 Å². The fourth-order valence-corrected chi connectivity index (χ4v) is 3.28. The predicted molar refractivity (Wildman–Crippen MR) is 104 cm³/mol. The summed E-state index contributed by atoms with van der Waals surface area (Å²) < 4.78 is 10.3. The highest BCUT2D eigenvalue weighted by molar-refractivity contribution is 7.13. The Kier molecular flexibility index (Phi) is 9.48. The number of methoxy groups -OCH3 is 1. The molecule has 2 N–H and O–H groups in total. The van der Waals surface area contributed by atoms with E-state index in [0.717, 1.165) is 18.0 Å². The Hall–Kier alpha value is -1.23. The third-order valence-corrected chi connectivity index (χ3v) is 4.78. The Balaban J connectivity index is 0.00000169. The first kappa shape index (κ1) is 22.8. The van der Waals surface area contributed by atoms with Gasteiger partial charge < -0.3 is 19.9 Å². The predicted octanol–water partition coefficient (Wildman–Crippen LogP) is 1.26. The molecule has 0 saturated carbocycles. The normalized spacial score (nSPS) is 15.8. The lowest BCUT2D eigenvalue weighted by molar-refractivity contribution is -0.135. The van der Waals surface area contributed by atoms with E-state index >= 15 is 0 Å². The van der Waals surface area contributed by atoms with Gasteiger partial charge in [0.25, 0.3) is 0 Å². The smallest absolute Gasteiger partial charge is 0.241 e. The number of piperazine rings is 1. The minimum absolute atomic E-state index is 0. The highest BCUT2D eigenvalue weighted by atomic mass is 35.5. The van der Waals surface area contributed by atoms with E-state index in [2.05, 4.69) is 15.0 Å². The number of aromatic nitrogens is 2. The standard InChI is InChI=1S/C15H21N5O3S.2ClH/c1-22-10-11(16)15(21)20-6-4-19(5-7-20)9-13-17-14(18-23-13)12-3-2-8-24-12;;/h2-3,8,11H,4-7,9-10,16H2,1H3;2*1H. The second-order valence-electron chi connectivity index (χ2n) is 5.65. The van der Waals surface area contributed by atoms with Crippen LogP contribution in [-0.2, 0) is 16.1 Å². The molecular formula is C15H23Cl2N5O3S. The van der Waals surface area contributed by atoms with Crippen LogP contribution in [0.15, 0.2) is 22.0 Å². The first-order valence-corrected chi connectivity index (χ1v) is 8.67. The number of nitrogens with zero attached hydrogens (tertiary/aromatic N) is 4. The number of carbonyl (C=O) groups is 1. The van der Waals surface area contributed by atoms with Crippen molar-refractivity contribution in [2.24, 2.45) is 5.73 Å². The van der Waals surface area contributed by atoms with Crippen molar-refractivity contribution in [3.05, 3.63) is 23.4 Å². The highest BCUT2D eigenvalue weighted by Crippen LogP contribution is 2.21. The molecule has 1 aliphatic rings. The Labute approximate surface area is 168 Å². The Morgan fingerprint density at radius 1 is 1.38 bits per heavy atom. The fraction of sp³-hybridized carbons (Fsp3) is 0.533. The summed E-state index contributed by atoms with van der Waals surface area (Å²) >= 11 is 1.58. The van der Waals surface area contributed by atoms with E-state index in [1.807, 2.05) is 17.5 Å². The van der Waals surface area contributed by atoms with Crippen molar-refractivity contribution >= 4 is 42.1 Å². The number of amides is 1. The van der Waals surface area contributed by atoms with Crippen LogP contribution in [0.4, 0.5) is 0 Å². The molecule has 1 unspecified atom stereocenters. The average Bonchev–Trinajstić information content (AvgIpc) is 3.26. The second-order valence-corrected chi connectivity index (χ2v) is 6.60. The van der Waals surface area contributed by atoms with E-state index in [9.17, 15) is 4.79 Å². The zero-order valence-corrected chi connectivity index (χ0v) is 16.8.